The average Bonchev–Trinajstić information content (AvgIpc) is 3.32. The predicted molar refractivity (Wildman–Crippen MR) is 154 cm³/mol. The Morgan fingerprint density at radius 3 is 2.50 bits per heavy atom. The number of rotatable bonds is 9. The maximum absolute atomic E-state index is 14.5. The standard InChI is InChI=1S/C31H29ClF5NO3S/c32-30-27(6-2-7-28(30)34)26-5-1-4-21-18-23(41-42(39)31(35,36)37)12-13-25(21)29(26)20-8-10-22(11-9-20)40-24-14-17-38(19-24)16-3-15-33/h2,6-13,18,24H,1,3-5,14-17,19H2. The molecule has 42 heavy (non-hydrogen) atoms. The van der Waals surface area contributed by atoms with Gasteiger partial charge in [0.1, 0.15) is 23.4 Å². The van der Waals surface area contributed by atoms with E-state index in [9.17, 15) is 26.2 Å². The van der Waals surface area contributed by atoms with Gasteiger partial charge in [-0.3, -0.25) is 9.29 Å². The third-order valence-electron chi connectivity index (χ3n) is 7.44. The van der Waals surface area contributed by atoms with Gasteiger partial charge >= 0.3 is 16.6 Å². The Labute approximate surface area is 248 Å². The summed E-state index contributed by atoms with van der Waals surface area (Å²) in [5.41, 5.74) is -0.650. The molecule has 0 bridgehead atoms. The van der Waals surface area contributed by atoms with Crippen molar-refractivity contribution in [1.82, 2.24) is 4.90 Å². The van der Waals surface area contributed by atoms with Crippen molar-refractivity contribution in [2.45, 2.75) is 43.7 Å². The van der Waals surface area contributed by atoms with Crippen molar-refractivity contribution in [2.24, 2.45) is 0 Å². The first-order chi connectivity index (χ1) is 20.1. The Morgan fingerprint density at radius 2 is 1.76 bits per heavy atom. The van der Waals surface area contributed by atoms with Crippen LogP contribution in [0.5, 0.6) is 11.5 Å². The smallest absolute Gasteiger partial charge is 0.489 e. The average molecular weight is 626 g/mol. The molecule has 2 unspecified atom stereocenters. The first kappa shape index (κ1) is 30.5. The highest BCUT2D eigenvalue weighted by atomic mass is 35.5. The monoisotopic (exact) mass is 625 g/mol. The van der Waals surface area contributed by atoms with Crippen molar-refractivity contribution in [3.8, 4) is 11.5 Å². The molecule has 1 aliphatic carbocycles. The minimum absolute atomic E-state index is 0.00406. The molecule has 1 aliphatic heterocycles. The van der Waals surface area contributed by atoms with Gasteiger partial charge in [-0.2, -0.15) is 13.2 Å². The lowest BCUT2D eigenvalue weighted by Gasteiger charge is -2.19. The number of allylic oxidation sites excluding steroid dienone is 1. The molecule has 3 aromatic rings. The van der Waals surface area contributed by atoms with Crippen LogP contribution in [0.1, 0.15) is 47.9 Å². The summed E-state index contributed by atoms with van der Waals surface area (Å²) in [6, 6.07) is 16.6. The molecule has 11 heteroatoms. The number of likely N-dealkylation sites (tertiary alicyclic amines) is 1. The minimum Gasteiger partial charge on any atom is -0.489 e. The number of hydrogen-bond donors (Lipinski definition) is 0. The predicted octanol–water partition coefficient (Wildman–Crippen LogP) is 8.15. The Bertz CT molecular complexity index is 1480. The molecule has 2 aliphatic rings. The van der Waals surface area contributed by atoms with Crippen LogP contribution < -0.4 is 8.92 Å². The lowest BCUT2D eigenvalue weighted by molar-refractivity contribution is -0.0437. The van der Waals surface area contributed by atoms with Gasteiger partial charge in [0.05, 0.1) is 11.7 Å². The Balaban J connectivity index is 1.50. The van der Waals surface area contributed by atoms with Gasteiger partial charge in [-0.1, -0.05) is 41.9 Å². The Kier molecular flexibility index (Phi) is 9.54. The highest BCUT2D eigenvalue weighted by Crippen LogP contribution is 2.43. The fourth-order valence-corrected chi connectivity index (χ4v) is 6.17. The molecule has 0 radical (unpaired) electrons. The van der Waals surface area contributed by atoms with Crippen LogP contribution in [0.25, 0.3) is 11.1 Å². The molecule has 3 aromatic carbocycles. The maximum Gasteiger partial charge on any atom is 0.508 e. The number of nitrogens with zero attached hydrogens (tertiary/aromatic N) is 1. The summed E-state index contributed by atoms with van der Waals surface area (Å²) in [6.45, 7) is 1.94. The molecule has 4 nitrogen and oxygen atoms in total. The van der Waals surface area contributed by atoms with Crippen LogP contribution in [-0.2, 0) is 17.5 Å². The molecule has 0 N–H and O–H groups in total. The number of halogens is 6. The number of aryl methyl sites for hydroxylation is 1. The third-order valence-corrected chi connectivity index (χ3v) is 8.55. The van der Waals surface area contributed by atoms with E-state index >= 15 is 0 Å². The molecular weight excluding hydrogens is 597 g/mol. The zero-order valence-corrected chi connectivity index (χ0v) is 24.1. The largest absolute Gasteiger partial charge is 0.508 e. The van der Waals surface area contributed by atoms with Gasteiger partial charge in [-0.25, -0.2) is 8.60 Å². The Hall–Kier alpha value is -2.95. The molecule has 2 atom stereocenters. The lowest BCUT2D eigenvalue weighted by atomic mass is 9.87. The Morgan fingerprint density at radius 1 is 1.00 bits per heavy atom. The van der Waals surface area contributed by atoms with Crippen LogP contribution in [0.15, 0.2) is 60.7 Å². The minimum atomic E-state index is -5.01. The van der Waals surface area contributed by atoms with Gasteiger partial charge in [-0.05, 0) is 95.8 Å². The fourth-order valence-electron chi connectivity index (χ4n) is 5.56. The molecule has 0 aromatic heterocycles. The highest BCUT2D eigenvalue weighted by Gasteiger charge is 2.40. The molecule has 1 heterocycles. The molecule has 1 saturated heterocycles. The van der Waals surface area contributed by atoms with E-state index in [1.165, 1.54) is 18.2 Å². The van der Waals surface area contributed by atoms with E-state index in [1.807, 2.05) is 24.3 Å². The van der Waals surface area contributed by atoms with Crippen molar-refractivity contribution in [3.63, 3.8) is 0 Å². The number of hydrogen-bond acceptors (Lipinski definition) is 4. The molecule has 224 valence electrons. The van der Waals surface area contributed by atoms with E-state index < -0.39 is 22.4 Å². The number of alkyl halides is 4. The van der Waals surface area contributed by atoms with Gasteiger partial charge in [-0.15, -0.1) is 0 Å². The summed E-state index contributed by atoms with van der Waals surface area (Å²) >= 11 is 2.94. The zero-order chi connectivity index (χ0) is 29.9. The van der Waals surface area contributed by atoms with Gasteiger partial charge in [0, 0.05) is 19.6 Å². The first-order valence-electron chi connectivity index (χ1n) is 13.7. The summed E-state index contributed by atoms with van der Waals surface area (Å²) in [4.78, 5) is 2.18. The van der Waals surface area contributed by atoms with Crippen molar-refractivity contribution in [2.75, 3.05) is 26.3 Å². The first-order valence-corrected chi connectivity index (χ1v) is 15.1. The van der Waals surface area contributed by atoms with Crippen LogP contribution >= 0.6 is 11.6 Å². The van der Waals surface area contributed by atoms with Crippen molar-refractivity contribution >= 4 is 33.8 Å². The van der Waals surface area contributed by atoms with Crippen LogP contribution in [0, 0.1) is 5.82 Å². The second-order valence-corrected chi connectivity index (χ2v) is 11.8. The zero-order valence-electron chi connectivity index (χ0n) is 22.6. The van der Waals surface area contributed by atoms with E-state index in [1.54, 1.807) is 18.2 Å². The van der Waals surface area contributed by atoms with Gasteiger partial charge in [0.15, 0.2) is 0 Å². The van der Waals surface area contributed by atoms with E-state index in [4.69, 9.17) is 20.5 Å². The third kappa shape index (κ3) is 6.98. The van der Waals surface area contributed by atoms with E-state index in [0.29, 0.717) is 49.1 Å². The molecule has 5 rings (SSSR count). The van der Waals surface area contributed by atoms with E-state index in [-0.39, 0.29) is 23.6 Å². The van der Waals surface area contributed by atoms with Crippen molar-refractivity contribution in [1.29, 1.82) is 0 Å². The maximum atomic E-state index is 14.5. The van der Waals surface area contributed by atoms with Crippen LogP contribution in [0.4, 0.5) is 22.0 Å². The lowest BCUT2D eigenvalue weighted by Crippen LogP contribution is -2.26. The van der Waals surface area contributed by atoms with E-state index in [0.717, 1.165) is 41.8 Å². The second-order valence-electron chi connectivity index (χ2n) is 10.3. The highest BCUT2D eigenvalue weighted by molar-refractivity contribution is 7.81. The summed E-state index contributed by atoms with van der Waals surface area (Å²) in [6.07, 6.45) is 3.00. The van der Waals surface area contributed by atoms with Crippen LogP contribution in [-0.4, -0.2) is 47.0 Å². The second kappa shape index (κ2) is 13.1. The quantitative estimate of drug-likeness (QED) is 0.225. The van der Waals surface area contributed by atoms with Crippen LogP contribution in [0.3, 0.4) is 0 Å². The van der Waals surface area contributed by atoms with Gasteiger partial charge in [0.2, 0.25) is 0 Å². The topological polar surface area (TPSA) is 38.8 Å². The van der Waals surface area contributed by atoms with Crippen molar-refractivity contribution in [3.05, 3.63) is 93.8 Å². The number of ether oxygens (including phenoxy) is 1. The SMILES string of the molecule is O=S(Oc1ccc2c(c1)CCCC(c1cccc(F)c1Cl)=C2c1ccc(OC2CCN(CCCF)C2)cc1)C(F)(F)F. The normalized spacial score (nSPS) is 18.5. The fraction of sp³-hybridized carbons (Fsp3) is 0.355. The molecule has 1 fully saturated rings. The summed E-state index contributed by atoms with van der Waals surface area (Å²) in [5.74, 6) is -0.0316. The molecule has 0 amide bonds. The van der Waals surface area contributed by atoms with E-state index in [2.05, 4.69) is 4.90 Å². The van der Waals surface area contributed by atoms with Gasteiger partial charge in [0.25, 0.3) is 0 Å². The number of benzene rings is 3. The molecular formula is C31H29ClF5NO3S. The number of fused-ring (bicyclic) bond motifs is 1. The summed E-state index contributed by atoms with van der Waals surface area (Å²) in [5, 5.41) is -0.00696. The summed E-state index contributed by atoms with van der Waals surface area (Å²) < 4.78 is 88.1. The van der Waals surface area contributed by atoms with Gasteiger partial charge < -0.3 is 8.92 Å². The van der Waals surface area contributed by atoms with Crippen molar-refractivity contribution < 1.29 is 35.1 Å². The van der Waals surface area contributed by atoms with Crippen LogP contribution in [0.2, 0.25) is 5.02 Å². The molecule has 0 saturated carbocycles. The summed E-state index contributed by atoms with van der Waals surface area (Å²) in [7, 11) is 0. The molecule has 0 spiro atoms.